The fourth-order valence-corrected chi connectivity index (χ4v) is 3.99. The molecule has 152 valence electrons. The van der Waals surface area contributed by atoms with Crippen LogP contribution in [0.1, 0.15) is 60.4 Å². The third-order valence-electron chi connectivity index (χ3n) is 5.52. The number of nitrogens with zero attached hydrogens (tertiary/aromatic N) is 1. The molecular weight excluding hydrogens is 382 g/mol. The molecular formula is C25H28ClNO2. The van der Waals surface area contributed by atoms with Gasteiger partial charge in [0.2, 0.25) is 0 Å². The van der Waals surface area contributed by atoms with Gasteiger partial charge in [0.1, 0.15) is 5.41 Å². The van der Waals surface area contributed by atoms with Crippen molar-refractivity contribution in [2.24, 2.45) is 0 Å². The van der Waals surface area contributed by atoms with Crippen LogP contribution in [0, 0.1) is 11.8 Å². The van der Waals surface area contributed by atoms with E-state index in [1.54, 1.807) is 24.3 Å². The first-order chi connectivity index (χ1) is 13.4. The van der Waals surface area contributed by atoms with Gasteiger partial charge in [-0.1, -0.05) is 60.5 Å². The van der Waals surface area contributed by atoms with E-state index in [0.29, 0.717) is 29.8 Å². The van der Waals surface area contributed by atoms with Crippen molar-refractivity contribution in [1.29, 1.82) is 0 Å². The van der Waals surface area contributed by atoms with E-state index in [9.17, 15) is 9.59 Å². The summed E-state index contributed by atoms with van der Waals surface area (Å²) in [5, 5.41) is 0. The first-order valence-corrected chi connectivity index (χ1v) is 9.85. The Bertz CT molecular complexity index is 895. The lowest BCUT2D eigenvalue weighted by atomic mass is 9.73. The smallest absolute Gasteiger partial charge is 0.182 e. The zero-order valence-electron chi connectivity index (χ0n) is 17.4. The molecule has 1 aliphatic carbocycles. The Balaban J connectivity index is 0.00000300. The first-order valence-electron chi connectivity index (χ1n) is 9.85. The molecule has 0 heterocycles. The van der Waals surface area contributed by atoms with E-state index in [0.717, 1.165) is 5.56 Å². The quantitative estimate of drug-likeness (QED) is 0.518. The van der Waals surface area contributed by atoms with Crippen LogP contribution in [0.2, 0.25) is 0 Å². The van der Waals surface area contributed by atoms with E-state index in [1.165, 1.54) is 0 Å². The summed E-state index contributed by atoms with van der Waals surface area (Å²) in [7, 11) is 0. The summed E-state index contributed by atoms with van der Waals surface area (Å²) in [6.45, 7) is 9.21. The van der Waals surface area contributed by atoms with Gasteiger partial charge < -0.3 is 0 Å². The number of ketones is 2. The Morgan fingerprint density at radius 1 is 0.793 bits per heavy atom. The number of rotatable bonds is 5. The van der Waals surface area contributed by atoms with Crippen LogP contribution in [0.3, 0.4) is 0 Å². The van der Waals surface area contributed by atoms with E-state index in [4.69, 9.17) is 0 Å². The number of Topliss-reactive ketones (excluding diaryl/α,β-unsaturated/α-hetero) is 2. The zero-order chi connectivity index (χ0) is 20.3. The van der Waals surface area contributed by atoms with E-state index in [-0.39, 0.29) is 30.4 Å². The number of halogens is 1. The lowest BCUT2D eigenvalue weighted by Crippen LogP contribution is -2.38. The van der Waals surface area contributed by atoms with E-state index >= 15 is 0 Å². The molecule has 2 aromatic rings. The molecule has 0 atom stereocenters. The summed E-state index contributed by atoms with van der Waals surface area (Å²) in [6.07, 6.45) is 0.202. The zero-order valence-corrected chi connectivity index (χ0v) is 18.3. The van der Waals surface area contributed by atoms with Crippen LogP contribution in [0.4, 0.5) is 0 Å². The molecule has 0 N–H and O–H groups in total. The molecule has 0 saturated carbocycles. The van der Waals surface area contributed by atoms with Crippen LogP contribution in [-0.4, -0.2) is 35.1 Å². The number of fused-ring (bicyclic) bond motifs is 1. The fraction of sp³-hybridized carbons (Fsp3) is 0.360. The van der Waals surface area contributed by atoms with Crippen LogP contribution in [0.5, 0.6) is 0 Å². The molecule has 0 aliphatic heterocycles. The molecule has 0 fully saturated rings. The molecule has 29 heavy (non-hydrogen) atoms. The summed E-state index contributed by atoms with van der Waals surface area (Å²) in [5.74, 6) is 6.10. The summed E-state index contributed by atoms with van der Waals surface area (Å²) in [6, 6.07) is 17.2. The molecule has 3 nitrogen and oxygen atoms in total. The van der Waals surface area contributed by atoms with Crippen molar-refractivity contribution in [3.8, 4) is 11.8 Å². The highest BCUT2D eigenvalue weighted by molar-refractivity contribution is 6.33. The van der Waals surface area contributed by atoms with Gasteiger partial charge in [0.05, 0.1) is 6.54 Å². The van der Waals surface area contributed by atoms with Gasteiger partial charge in [-0.05, 0) is 33.3 Å². The summed E-state index contributed by atoms with van der Waals surface area (Å²) in [5.41, 5.74) is 0.492. The Morgan fingerprint density at radius 2 is 1.28 bits per heavy atom. The second-order valence-electron chi connectivity index (χ2n) is 7.87. The number of carbonyl (C=O) groups is 2. The van der Waals surface area contributed by atoms with E-state index in [2.05, 4.69) is 44.4 Å². The highest BCUT2D eigenvalue weighted by Crippen LogP contribution is 2.42. The van der Waals surface area contributed by atoms with Crippen molar-refractivity contribution < 1.29 is 9.59 Å². The molecule has 0 saturated heterocycles. The van der Waals surface area contributed by atoms with Gasteiger partial charge in [0.25, 0.3) is 0 Å². The molecule has 2 aromatic carbocycles. The van der Waals surface area contributed by atoms with Crippen molar-refractivity contribution >= 4 is 24.0 Å². The van der Waals surface area contributed by atoms with Gasteiger partial charge in [0, 0.05) is 29.6 Å². The SMILES string of the molecule is CC(C)N(CC#CCC1(c2ccccc2)C(=O)c2ccccc2C1=O)C(C)C.Cl. The molecule has 0 radical (unpaired) electrons. The summed E-state index contributed by atoms with van der Waals surface area (Å²) in [4.78, 5) is 29.0. The maximum Gasteiger partial charge on any atom is 0.182 e. The van der Waals surface area contributed by atoms with Crippen LogP contribution >= 0.6 is 12.4 Å². The van der Waals surface area contributed by atoms with Crippen LogP contribution in [-0.2, 0) is 5.41 Å². The second-order valence-corrected chi connectivity index (χ2v) is 7.87. The minimum Gasteiger partial charge on any atom is -0.293 e. The van der Waals surface area contributed by atoms with Gasteiger partial charge in [-0.25, -0.2) is 0 Å². The molecule has 0 aromatic heterocycles. The molecule has 0 spiro atoms. The lowest BCUT2D eigenvalue weighted by Gasteiger charge is -2.28. The number of benzene rings is 2. The first kappa shape index (κ1) is 22.9. The second kappa shape index (κ2) is 9.39. The van der Waals surface area contributed by atoms with Gasteiger partial charge >= 0.3 is 0 Å². The van der Waals surface area contributed by atoms with Crippen molar-refractivity contribution in [2.45, 2.75) is 51.6 Å². The summed E-state index contributed by atoms with van der Waals surface area (Å²) < 4.78 is 0. The maximum atomic E-state index is 13.4. The molecule has 0 unspecified atom stereocenters. The molecule has 0 amide bonds. The molecule has 3 rings (SSSR count). The van der Waals surface area contributed by atoms with Crippen molar-refractivity contribution in [1.82, 2.24) is 4.90 Å². The van der Waals surface area contributed by atoms with Gasteiger partial charge in [-0.2, -0.15) is 0 Å². The third-order valence-corrected chi connectivity index (χ3v) is 5.52. The highest BCUT2D eigenvalue weighted by Gasteiger charge is 2.53. The number of carbonyl (C=O) groups excluding carboxylic acids is 2. The Labute approximate surface area is 179 Å². The minimum absolute atomic E-state index is 0. The van der Waals surface area contributed by atoms with Crippen molar-refractivity contribution in [2.75, 3.05) is 6.54 Å². The predicted octanol–water partition coefficient (Wildman–Crippen LogP) is 4.94. The lowest BCUT2D eigenvalue weighted by molar-refractivity contribution is 0.0797. The predicted molar refractivity (Wildman–Crippen MR) is 120 cm³/mol. The summed E-state index contributed by atoms with van der Waals surface area (Å²) >= 11 is 0. The average Bonchev–Trinajstić information content (AvgIpc) is 2.90. The van der Waals surface area contributed by atoms with Gasteiger partial charge in [0.15, 0.2) is 11.6 Å². The normalized spacial score (nSPS) is 14.6. The van der Waals surface area contributed by atoms with Crippen LogP contribution in [0.25, 0.3) is 0 Å². The Kier molecular flexibility index (Phi) is 7.41. The van der Waals surface area contributed by atoms with Crippen LogP contribution < -0.4 is 0 Å². The van der Waals surface area contributed by atoms with E-state index in [1.807, 2.05) is 30.3 Å². The molecule has 1 aliphatic rings. The van der Waals surface area contributed by atoms with Crippen molar-refractivity contribution in [3.05, 3.63) is 71.3 Å². The topological polar surface area (TPSA) is 37.4 Å². The van der Waals surface area contributed by atoms with Crippen molar-refractivity contribution in [3.63, 3.8) is 0 Å². The Hall–Kier alpha value is -2.41. The monoisotopic (exact) mass is 409 g/mol. The number of hydrogen-bond donors (Lipinski definition) is 0. The highest BCUT2D eigenvalue weighted by atomic mass is 35.5. The molecule has 4 heteroatoms. The standard InChI is InChI=1S/C25H27NO2.ClH/c1-18(2)26(19(3)4)17-11-10-16-25(20-12-6-5-7-13-20)23(27)21-14-8-9-15-22(21)24(25)28;/h5-9,12-15,18-19H,16-17H2,1-4H3;1H. The number of hydrogen-bond acceptors (Lipinski definition) is 3. The fourth-order valence-electron chi connectivity index (χ4n) is 3.99. The molecule has 0 bridgehead atoms. The van der Waals surface area contributed by atoms with Crippen LogP contribution in [0.15, 0.2) is 54.6 Å². The largest absolute Gasteiger partial charge is 0.293 e. The average molecular weight is 410 g/mol. The Morgan fingerprint density at radius 3 is 1.76 bits per heavy atom. The maximum absolute atomic E-state index is 13.4. The third kappa shape index (κ3) is 4.15. The van der Waals surface area contributed by atoms with Gasteiger partial charge in [-0.15, -0.1) is 18.3 Å². The minimum atomic E-state index is -1.24. The van der Waals surface area contributed by atoms with E-state index < -0.39 is 5.41 Å². The van der Waals surface area contributed by atoms with Gasteiger partial charge in [-0.3, -0.25) is 14.5 Å².